The molecular formula is C15H19NO. The molecule has 0 unspecified atom stereocenters. The molecule has 90 valence electrons. The summed E-state index contributed by atoms with van der Waals surface area (Å²) in [4.78, 5) is 2.54. The molecule has 0 N–H and O–H groups in total. The van der Waals surface area contributed by atoms with E-state index in [0.717, 1.165) is 12.1 Å². The molecule has 0 saturated carbocycles. The quantitative estimate of drug-likeness (QED) is 0.780. The maximum Gasteiger partial charge on any atom is 0.137 e. The number of benzene rings is 1. The topological polar surface area (TPSA) is 16.4 Å². The van der Waals surface area contributed by atoms with Crippen molar-refractivity contribution in [1.82, 2.24) is 4.90 Å². The first-order valence-electron chi connectivity index (χ1n) is 6.52. The molecule has 1 fully saturated rings. The lowest BCUT2D eigenvalue weighted by atomic mass is 10.1. The number of piperidine rings is 1. The third kappa shape index (κ3) is 2.09. The zero-order chi connectivity index (χ0) is 11.7. The molecular weight excluding hydrogens is 210 g/mol. The van der Waals surface area contributed by atoms with Crippen molar-refractivity contribution < 1.29 is 4.42 Å². The summed E-state index contributed by atoms with van der Waals surface area (Å²) in [6.45, 7) is 5.62. The number of furan rings is 1. The Morgan fingerprint density at radius 2 is 2.00 bits per heavy atom. The first-order chi connectivity index (χ1) is 8.34. The molecule has 1 aromatic carbocycles. The Kier molecular flexibility index (Phi) is 2.89. The summed E-state index contributed by atoms with van der Waals surface area (Å²) in [6, 6.07) is 6.40. The number of hydrogen-bond acceptors (Lipinski definition) is 2. The van der Waals surface area contributed by atoms with Gasteiger partial charge in [-0.15, -0.1) is 0 Å². The predicted molar refractivity (Wildman–Crippen MR) is 70.1 cm³/mol. The molecule has 3 rings (SSSR count). The van der Waals surface area contributed by atoms with Crippen molar-refractivity contribution in [2.45, 2.75) is 32.7 Å². The summed E-state index contributed by atoms with van der Waals surface area (Å²) in [5.74, 6) is 0. The van der Waals surface area contributed by atoms with Crippen LogP contribution in [0.5, 0.6) is 0 Å². The lowest BCUT2D eigenvalue weighted by Gasteiger charge is -2.25. The van der Waals surface area contributed by atoms with E-state index in [1.54, 1.807) is 0 Å². The van der Waals surface area contributed by atoms with Gasteiger partial charge in [-0.05, 0) is 38.4 Å². The van der Waals surface area contributed by atoms with Gasteiger partial charge in [0.2, 0.25) is 0 Å². The zero-order valence-corrected chi connectivity index (χ0v) is 10.4. The summed E-state index contributed by atoms with van der Waals surface area (Å²) in [6.07, 6.45) is 6.01. The molecule has 2 aromatic rings. The van der Waals surface area contributed by atoms with E-state index in [4.69, 9.17) is 4.42 Å². The van der Waals surface area contributed by atoms with Crippen LogP contribution in [0.15, 0.2) is 28.9 Å². The second kappa shape index (κ2) is 4.53. The standard InChI is InChI=1S/C15H19NO/c1-12-6-5-7-14-13(11-17-15(12)14)10-16-8-3-2-4-9-16/h5-7,11H,2-4,8-10H2,1H3. The molecule has 0 bridgehead atoms. The third-order valence-electron chi connectivity index (χ3n) is 3.72. The average molecular weight is 229 g/mol. The van der Waals surface area contributed by atoms with Crippen LogP contribution in [-0.2, 0) is 6.54 Å². The van der Waals surface area contributed by atoms with Gasteiger partial charge >= 0.3 is 0 Å². The van der Waals surface area contributed by atoms with E-state index in [1.807, 2.05) is 6.26 Å². The van der Waals surface area contributed by atoms with Crippen LogP contribution in [0.4, 0.5) is 0 Å². The van der Waals surface area contributed by atoms with Crippen molar-refractivity contribution in [3.63, 3.8) is 0 Å². The average Bonchev–Trinajstić information content (AvgIpc) is 2.76. The molecule has 2 nitrogen and oxygen atoms in total. The highest BCUT2D eigenvalue weighted by molar-refractivity contribution is 5.83. The van der Waals surface area contributed by atoms with E-state index in [2.05, 4.69) is 30.0 Å². The fraction of sp³-hybridized carbons (Fsp3) is 0.467. The highest BCUT2D eigenvalue weighted by Gasteiger charge is 2.14. The molecule has 1 aromatic heterocycles. The minimum Gasteiger partial charge on any atom is -0.464 e. The number of aryl methyl sites for hydroxylation is 1. The van der Waals surface area contributed by atoms with Crippen LogP contribution < -0.4 is 0 Å². The Bertz CT molecular complexity index is 509. The fourth-order valence-corrected chi connectivity index (χ4v) is 2.74. The van der Waals surface area contributed by atoms with Gasteiger partial charge in [0, 0.05) is 17.5 Å². The van der Waals surface area contributed by atoms with Gasteiger partial charge in [-0.1, -0.05) is 24.6 Å². The molecule has 2 heterocycles. The van der Waals surface area contributed by atoms with Gasteiger partial charge < -0.3 is 4.42 Å². The molecule has 0 spiro atoms. The zero-order valence-electron chi connectivity index (χ0n) is 10.4. The minimum atomic E-state index is 1.04. The number of nitrogens with zero attached hydrogens (tertiary/aromatic N) is 1. The van der Waals surface area contributed by atoms with Crippen LogP contribution >= 0.6 is 0 Å². The van der Waals surface area contributed by atoms with Crippen LogP contribution in [0.3, 0.4) is 0 Å². The summed E-state index contributed by atoms with van der Waals surface area (Å²) in [5, 5.41) is 1.29. The largest absolute Gasteiger partial charge is 0.464 e. The van der Waals surface area contributed by atoms with Crippen molar-refractivity contribution in [2.24, 2.45) is 0 Å². The normalized spacial score (nSPS) is 17.7. The smallest absolute Gasteiger partial charge is 0.137 e. The number of rotatable bonds is 2. The molecule has 0 radical (unpaired) electrons. The van der Waals surface area contributed by atoms with Crippen LogP contribution in [0, 0.1) is 6.92 Å². The number of likely N-dealkylation sites (tertiary alicyclic amines) is 1. The molecule has 1 aliphatic rings. The van der Waals surface area contributed by atoms with E-state index in [1.165, 1.54) is 48.9 Å². The van der Waals surface area contributed by atoms with Crippen molar-refractivity contribution in [1.29, 1.82) is 0 Å². The van der Waals surface area contributed by atoms with Crippen LogP contribution in [0.25, 0.3) is 11.0 Å². The number of fused-ring (bicyclic) bond motifs is 1. The monoisotopic (exact) mass is 229 g/mol. The summed E-state index contributed by atoms with van der Waals surface area (Å²) >= 11 is 0. The summed E-state index contributed by atoms with van der Waals surface area (Å²) in [7, 11) is 0. The van der Waals surface area contributed by atoms with Crippen molar-refractivity contribution >= 4 is 11.0 Å². The molecule has 1 aliphatic heterocycles. The second-order valence-electron chi connectivity index (χ2n) is 5.05. The van der Waals surface area contributed by atoms with Gasteiger partial charge in [-0.3, -0.25) is 4.90 Å². The number of para-hydroxylation sites is 1. The van der Waals surface area contributed by atoms with Gasteiger partial charge in [-0.25, -0.2) is 0 Å². The maximum atomic E-state index is 5.69. The Hall–Kier alpha value is -1.28. The fourth-order valence-electron chi connectivity index (χ4n) is 2.74. The molecule has 0 aliphatic carbocycles. The molecule has 17 heavy (non-hydrogen) atoms. The lowest BCUT2D eigenvalue weighted by Crippen LogP contribution is -2.28. The van der Waals surface area contributed by atoms with Crippen molar-refractivity contribution in [3.05, 3.63) is 35.6 Å². The highest BCUT2D eigenvalue weighted by Crippen LogP contribution is 2.25. The van der Waals surface area contributed by atoms with E-state index < -0.39 is 0 Å². The first-order valence-corrected chi connectivity index (χ1v) is 6.52. The van der Waals surface area contributed by atoms with Crippen molar-refractivity contribution in [2.75, 3.05) is 13.1 Å². The maximum absolute atomic E-state index is 5.69. The summed E-state index contributed by atoms with van der Waals surface area (Å²) in [5.41, 5.74) is 3.62. The Balaban J connectivity index is 1.87. The summed E-state index contributed by atoms with van der Waals surface area (Å²) < 4.78 is 5.69. The van der Waals surface area contributed by atoms with Crippen LogP contribution in [0.1, 0.15) is 30.4 Å². The number of hydrogen-bond donors (Lipinski definition) is 0. The van der Waals surface area contributed by atoms with E-state index in [0.29, 0.717) is 0 Å². The van der Waals surface area contributed by atoms with Gasteiger partial charge in [-0.2, -0.15) is 0 Å². The van der Waals surface area contributed by atoms with Gasteiger partial charge in [0.25, 0.3) is 0 Å². The molecule has 1 saturated heterocycles. The second-order valence-corrected chi connectivity index (χ2v) is 5.05. The van der Waals surface area contributed by atoms with Gasteiger partial charge in [0.15, 0.2) is 0 Å². The third-order valence-corrected chi connectivity index (χ3v) is 3.72. The van der Waals surface area contributed by atoms with Crippen LogP contribution in [0.2, 0.25) is 0 Å². The van der Waals surface area contributed by atoms with E-state index in [9.17, 15) is 0 Å². The molecule has 0 amide bonds. The Labute approximate surface area is 102 Å². The SMILES string of the molecule is Cc1cccc2c(CN3CCCCC3)coc12. The van der Waals surface area contributed by atoms with Gasteiger partial charge in [0.1, 0.15) is 5.58 Å². The van der Waals surface area contributed by atoms with Crippen molar-refractivity contribution in [3.8, 4) is 0 Å². The first kappa shape index (κ1) is 10.8. The van der Waals surface area contributed by atoms with E-state index >= 15 is 0 Å². The lowest BCUT2D eigenvalue weighted by molar-refractivity contribution is 0.221. The van der Waals surface area contributed by atoms with E-state index in [-0.39, 0.29) is 0 Å². The van der Waals surface area contributed by atoms with Crippen LogP contribution in [-0.4, -0.2) is 18.0 Å². The highest BCUT2D eigenvalue weighted by atomic mass is 16.3. The van der Waals surface area contributed by atoms with Gasteiger partial charge in [0.05, 0.1) is 6.26 Å². The minimum absolute atomic E-state index is 1.04. The predicted octanol–water partition coefficient (Wildman–Crippen LogP) is 3.73. The Morgan fingerprint density at radius 1 is 1.18 bits per heavy atom. The molecule has 0 atom stereocenters. The molecule has 2 heteroatoms. The Morgan fingerprint density at radius 3 is 2.82 bits per heavy atom.